The van der Waals surface area contributed by atoms with Gasteiger partial charge < -0.3 is 14.6 Å². The summed E-state index contributed by atoms with van der Waals surface area (Å²) in [5.41, 5.74) is 0.775. The van der Waals surface area contributed by atoms with Crippen molar-refractivity contribution in [2.45, 2.75) is 53.8 Å². The molecule has 0 aliphatic carbocycles. The van der Waals surface area contributed by atoms with Crippen molar-refractivity contribution < 1.29 is 9.53 Å². The van der Waals surface area contributed by atoms with Crippen LogP contribution < -0.4 is 21.3 Å². The molecule has 1 amide bonds. The first-order valence-electron chi connectivity index (χ1n) is 11.3. The highest BCUT2D eigenvalue weighted by Crippen LogP contribution is 2.12. The zero-order chi connectivity index (χ0) is 24.1. The van der Waals surface area contributed by atoms with Gasteiger partial charge in [-0.2, -0.15) is 0 Å². The smallest absolute Gasteiger partial charge is 0.333 e. The first-order valence-corrected chi connectivity index (χ1v) is 11.3. The molecule has 1 N–H and O–H groups in total. The molecule has 0 aliphatic rings. The van der Waals surface area contributed by atoms with Crippen molar-refractivity contribution in [3.63, 3.8) is 0 Å². The number of methoxy groups -OCH3 is 1. The van der Waals surface area contributed by atoms with E-state index in [1.807, 2.05) is 52.0 Å². The van der Waals surface area contributed by atoms with Gasteiger partial charge in [0, 0.05) is 19.6 Å². The average molecular weight is 456 g/mol. The van der Waals surface area contributed by atoms with E-state index in [-0.39, 0.29) is 18.4 Å². The number of amides is 1. The predicted molar refractivity (Wildman–Crippen MR) is 128 cm³/mol. The molecule has 3 aromatic rings. The van der Waals surface area contributed by atoms with E-state index in [2.05, 4.69) is 10.3 Å². The van der Waals surface area contributed by atoms with Crippen LogP contribution in [0, 0.1) is 11.8 Å². The lowest BCUT2D eigenvalue weighted by atomic mass is 10.1. The predicted octanol–water partition coefficient (Wildman–Crippen LogP) is 2.04. The molecule has 2 aromatic heterocycles. The Morgan fingerprint density at radius 2 is 1.70 bits per heavy atom. The molecule has 0 spiro atoms. The fourth-order valence-electron chi connectivity index (χ4n) is 3.78. The SMILES string of the molecule is COc1ccc(CCNC(=O)Cn2c(=O)c3c(ncn3CC(C)C)n(CC(C)C)c2=O)cc1. The van der Waals surface area contributed by atoms with Gasteiger partial charge in [0.15, 0.2) is 11.2 Å². The first kappa shape index (κ1) is 24.3. The minimum absolute atomic E-state index is 0.172. The Hall–Kier alpha value is -3.36. The number of imidazole rings is 1. The maximum Gasteiger partial charge on any atom is 0.333 e. The molecular weight excluding hydrogens is 422 g/mol. The molecule has 3 rings (SSSR count). The summed E-state index contributed by atoms with van der Waals surface area (Å²) in [7, 11) is 1.61. The summed E-state index contributed by atoms with van der Waals surface area (Å²) in [5, 5.41) is 2.81. The van der Waals surface area contributed by atoms with E-state index < -0.39 is 11.2 Å². The van der Waals surface area contributed by atoms with Gasteiger partial charge in [-0.15, -0.1) is 0 Å². The monoisotopic (exact) mass is 455 g/mol. The highest BCUT2D eigenvalue weighted by molar-refractivity contribution is 5.76. The van der Waals surface area contributed by atoms with Gasteiger partial charge in [0.05, 0.1) is 13.4 Å². The summed E-state index contributed by atoms with van der Waals surface area (Å²) in [4.78, 5) is 43.4. The van der Waals surface area contributed by atoms with Crippen molar-refractivity contribution in [3.05, 3.63) is 57.0 Å². The van der Waals surface area contributed by atoms with Crippen LogP contribution in [0.2, 0.25) is 0 Å². The number of rotatable bonds is 10. The normalized spacial score (nSPS) is 11.5. The van der Waals surface area contributed by atoms with Crippen molar-refractivity contribution in [2.24, 2.45) is 11.8 Å². The third-order valence-electron chi connectivity index (χ3n) is 5.29. The van der Waals surface area contributed by atoms with E-state index in [0.717, 1.165) is 15.9 Å². The van der Waals surface area contributed by atoms with Crippen LogP contribution in [0.15, 0.2) is 40.2 Å². The summed E-state index contributed by atoms with van der Waals surface area (Å²) in [6.45, 7) is 9.15. The highest BCUT2D eigenvalue weighted by Gasteiger charge is 2.20. The Bertz CT molecular complexity index is 1220. The highest BCUT2D eigenvalue weighted by atomic mass is 16.5. The second-order valence-electron chi connectivity index (χ2n) is 9.09. The van der Waals surface area contributed by atoms with E-state index in [1.165, 1.54) is 4.57 Å². The molecule has 1 aromatic carbocycles. The molecule has 33 heavy (non-hydrogen) atoms. The number of benzene rings is 1. The van der Waals surface area contributed by atoms with Gasteiger partial charge in [-0.05, 0) is 36.0 Å². The van der Waals surface area contributed by atoms with Crippen molar-refractivity contribution in [3.8, 4) is 5.75 Å². The number of fused-ring (bicyclic) bond motifs is 1. The van der Waals surface area contributed by atoms with Crippen molar-refractivity contribution in [1.82, 2.24) is 24.0 Å². The molecule has 9 nitrogen and oxygen atoms in total. The second kappa shape index (κ2) is 10.5. The lowest BCUT2D eigenvalue weighted by Gasteiger charge is -2.14. The van der Waals surface area contributed by atoms with Gasteiger partial charge in [-0.3, -0.25) is 14.2 Å². The third-order valence-corrected chi connectivity index (χ3v) is 5.29. The number of carbonyl (C=O) groups is 1. The maximum atomic E-state index is 13.2. The molecule has 0 radical (unpaired) electrons. The first-order chi connectivity index (χ1) is 15.7. The fraction of sp³-hybridized carbons (Fsp3) is 0.500. The van der Waals surface area contributed by atoms with Gasteiger partial charge in [-0.1, -0.05) is 39.8 Å². The molecular formula is C24H33N5O4. The molecule has 2 heterocycles. The summed E-state index contributed by atoms with van der Waals surface area (Å²) in [5.74, 6) is 0.854. The number of carbonyl (C=O) groups excluding carboxylic acids is 1. The van der Waals surface area contributed by atoms with Crippen LogP contribution in [0.25, 0.3) is 11.2 Å². The topological polar surface area (TPSA) is 100 Å². The molecule has 0 saturated heterocycles. The number of nitrogens with zero attached hydrogens (tertiary/aromatic N) is 4. The summed E-state index contributed by atoms with van der Waals surface area (Å²) in [6, 6.07) is 7.60. The summed E-state index contributed by atoms with van der Waals surface area (Å²) < 4.78 is 9.45. The van der Waals surface area contributed by atoms with Crippen LogP contribution >= 0.6 is 0 Å². The molecule has 0 saturated carbocycles. The second-order valence-corrected chi connectivity index (χ2v) is 9.09. The van der Waals surface area contributed by atoms with Crippen LogP contribution in [0.5, 0.6) is 5.75 Å². The Morgan fingerprint density at radius 1 is 1.03 bits per heavy atom. The molecule has 0 unspecified atom stereocenters. The fourth-order valence-corrected chi connectivity index (χ4v) is 3.78. The van der Waals surface area contributed by atoms with Gasteiger partial charge in [0.1, 0.15) is 12.3 Å². The standard InChI is InChI=1S/C24H33N5O4/c1-16(2)12-27-15-26-22-21(27)23(31)29(24(32)28(22)13-17(3)4)14-20(30)25-11-10-18-6-8-19(33-5)9-7-18/h6-9,15-17H,10-14H2,1-5H3,(H,25,30). The number of hydrogen-bond donors (Lipinski definition) is 1. The molecule has 9 heteroatoms. The minimum Gasteiger partial charge on any atom is -0.497 e. The van der Waals surface area contributed by atoms with Crippen LogP contribution in [-0.4, -0.2) is 38.2 Å². The maximum absolute atomic E-state index is 13.2. The zero-order valence-electron chi connectivity index (χ0n) is 20.0. The van der Waals surface area contributed by atoms with Crippen LogP contribution in [0.4, 0.5) is 0 Å². The third kappa shape index (κ3) is 5.71. The van der Waals surface area contributed by atoms with Crippen LogP contribution in [-0.2, 0) is 30.8 Å². The summed E-state index contributed by atoms with van der Waals surface area (Å²) in [6.07, 6.45) is 2.23. The lowest BCUT2D eigenvalue weighted by molar-refractivity contribution is -0.121. The average Bonchev–Trinajstić information content (AvgIpc) is 3.17. The molecule has 0 atom stereocenters. The number of nitrogens with one attached hydrogen (secondary N) is 1. The number of aromatic nitrogens is 4. The van der Waals surface area contributed by atoms with Gasteiger partial charge in [-0.25, -0.2) is 14.3 Å². The van der Waals surface area contributed by atoms with Crippen molar-refractivity contribution in [1.29, 1.82) is 0 Å². The zero-order valence-corrected chi connectivity index (χ0v) is 20.0. The molecule has 0 bridgehead atoms. The summed E-state index contributed by atoms with van der Waals surface area (Å²) >= 11 is 0. The Kier molecular flexibility index (Phi) is 7.73. The largest absolute Gasteiger partial charge is 0.497 e. The molecule has 0 aliphatic heterocycles. The van der Waals surface area contributed by atoms with E-state index in [9.17, 15) is 14.4 Å². The van der Waals surface area contributed by atoms with E-state index >= 15 is 0 Å². The van der Waals surface area contributed by atoms with E-state index in [1.54, 1.807) is 18.0 Å². The minimum atomic E-state index is -0.513. The van der Waals surface area contributed by atoms with Crippen LogP contribution in [0.1, 0.15) is 33.3 Å². The number of ether oxygens (including phenoxy) is 1. The molecule has 178 valence electrons. The van der Waals surface area contributed by atoms with Crippen molar-refractivity contribution >= 4 is 17.1 Å². The van der Waals surface area contributed by atoms with E-state index in [0.29, 0.717) is 43.1 Å². The van der Waals surface area contributed by atoms with Gasteiger partial charge >= 0.3 is 5.69 Å². The Balaban J connectivity index is 1.83. The van der Waals surface area contributed by atoms with Gasteiger partial charge in [0.2, 0.25) is 5.91 Å². The van der Waals surface area contributed by atoms with Gasteiger partial charge in [0.25, 0.3) is 5.56 Å². The molecule has 0 fully saturated rings. The lowest BCUT2D eigenvalue weighted by Crippen LogP contribution is -2.45. The number of hydrogen-bond acceptors (Lipinski definition) is 5. The Labute approximate surface area is 193 Å². The van der Waals surface area contributed by atoms with Crippen LogP contribution in [0.3, 0.4) is 0 Å². The quantitative estimate of drug-likeness (QED) is 0.504. The van der Waals surface area contributed by atoms with Crippen molar-refractivity contribution in [2.75, 3.05) is 13.7 Å². The Morgan fingerprint density at radius 3 is 2.30 bits per heavy atom. The van der Waals surface area contributed by atoms with E-state index in [4.69, 9.17) is 4.74 Å².